The maximum Gasteiger partial charge on any atom is 0.234 e. The van der Waals surface area contributed by atoms with Crippen molar-refractivity contribution < 1.29 is 9.59 Å². The molecule has 0 fully saturated rings. The first-order valence-electron chi connectivity index (χ1n) is 5.96. The van der Waals surface area contributed by atoms with E-state index in [1.165, 1.54) is 0 Å². The van der Waals surface area contributed by atoms with Gasteiger partial charge in [-0.25, -0.2) is 5.84 Å². The summed E-state index contributed by atoms with van der Waals surface area (Å²) in [6, 6.07) is 5.89. The topological polar surface area (TPSA) is 84.2 Å². The summed E-state index contributed by atoms with van der Waals surface area (Å²) in [6.45, 7) is 3.98. The maximum atomic E-state index is 11.7. The summed E-state index contributed by atoms with van der Waals surface area (Å²) in [5.74, 6) is 4.43. The third kappa shape index (κ3) is 3.85. The second-order valence-corrected chi connectivity index (χ2v) is 4.08. The number of rotatable bonds is 5. The first kappa shape index (κ1) is 14.2. The van der Waals surface area contributed by atoms with Gasteiger partial charge in [-0.05, 0) is 24.5 Å². The first-order chi connectivity index (χ1) is 8.58. The van der Waals surface area contributed by atoms with E-state index in [4.69, 9.17) is 5.84 Å². The molecule has 0 aliphatic rings. The molecule has 1 aromatic carbocycles. The highest BCUT2D eigenvalue weighted by atomic mass is 16.2. The van der Waals surface area contributed by atoms with Crippen LogP contribution < -0.4 is 16.6 Å². The number of nitrogens with two attached hydrogens (primary N) is 1. The molecule has 0 saturated heterocycles. The summed E-state index contributed by atoms with van der Waals surface area (Å²) in [5.41, 5.74) is 4.95. The summed E-state index contributed by atoms with van der Waals surface area (Å²) in [5, 5.41) is 2.85. The lowest BCUT2D eigenvalue weighted by Crippen LogP contribution is -2.30. The third-order valence-electron chi connectivity index (χ3n) is 2.74. The van der Waals surface area contributed by atoms with Crippen molar-refractivity contribution in [2.45, 2.75) is 33.1 Å². The van der Waals surface area contributed by atoms with Gasteiger partial charge in [0.1, 0.15) is 0 Å². The maximum absolute atomic E-state index is 11.7. The van der Waals surface area contributed by atoms with Gasteiger partial charge in [-0.2, -0.15) is 0 Å². The van der Waals surface area contributed by atoms with Crippen molar-refractivity contribution in [2.24, 2.45) is 5.84 Å². The molecule has 0 heterocycles. The van der Waals surface area contributed by atoms with Gasteiger partial charge < -0.3 is 5.32 Å². The standard InChI is InChI=1S/C13H19N3O2/c1-3-10-6-4-5-9(2)13(10)15-11(17)7-8-12(18)16-14/h4-6H,3,7-8,14H2,1-2H3,(H,15,17)(H,16,18). The molecule has 0 saturated carbocycles. The highest BCUT2D eigenvalue weighted by Gasteiger charge is 2.10. The quantitative estimate of drug-likeness (QED) is 0.417. The molecule has 4 N–H and O–H groups in total. The average molecular weight is 249 g/mol. The van der Waals surface area contributed by atoms with Gasteiger partial charge in [0.05, 0.1) is 0 Å². The van der Waals surface area contributed by atoms with Crippen LogP contribution in [-0.4, -0.2) is 11.8 Å². The van der Waals surface area contributed by atoms with Gasteiger partial charge >= 0.3 is 0 Å². The van der Waals surface area contributed by atoms with Crippen molar-refractivity contribution in [3.05, 3.63) is 29.3 Å². The Morgan fingerprint density at radius 2 is 1.89 bits per heavy atom. The molecule has 0 atom stereocenters. The van der Waals surface area contributed by atoms with Crippen LogP contribution in [0.4, 0.5) is 5.69 Å². The van der Waals surface area contributed by atoms with Crippen LogP contribution in [0.5, 0.6) is 0 Å². The van der Waals surface area contributed by atoms with Gasteiger partial charge in [0.25, 0.3) is 0 Å². The van der Waals surface area contributed by atoms with Crippen molar-refractivity contribution in [3.8, 4) is 0 Å². The smallest absolute Gasteiger partial charge is 0.234 e. The number of hydrazine groups is 1. The molecule has 98 valence electrons. The zero-order valence-electron chi connectivity index (χ0n) is 10.7. The number of carbonyl (C=O) groups excluding carboxylic acids is 2. The molecule has 5 heteroatoms. The molecule has 2 amide bonds. The Morgan fingerprint density at radius 1 is 1.22 bits per heavy atom. The van der Waals surface area contributed by atoms with Crippen LogP contribution in [0.1, 0.15) is 30.9 Å². The van der Waals surface area contributed by atoms with E-state index in [2.05, 4.69) is 5.32 Å². The number of para-hydroxylation sites is 1. The minimum Gasteiger partial charge on any atom is -0.326 e. The SMILES string of the molecule is CCc1cccc(C)c1NC(=O)CCC(=O)NN. The van der Waals surface area contributed by atoms with Gasteiger partial charge in [-0.1, -0.05) is 25.1 Å². The number of anilines is 1. The molecule has 0 aliphatic heterocycles. The van der Waals surface area contributed by atoms with Crippen LogP contribution in [-0.2, 0) is 16.0 Å². The molecule has 5 nitrogen and oxygen atoms in total. The van der Waals surface area contributed by atoms with Crippen molar-refractivity contribution in [1.82, 2.24) is 5.43 Å². The zero-order valence-corrected chi connectivity index (χ0v) is 10.7. The van der Waals surface area contributed by atoms with Crippen LogP contribution >= 0.6 is 0 Å². The van der Waals surface area contributed by atoms with Gasteiger partial charge in [0.15, 0.2) is 0 Å². The molecular formula is C13H19N3O2. The number of benzene rings is 1. The summed E-state index contributed by atoms with van der Waals surface area (Å²) in [6.07, 6.45) is 1.07. The van der Waals surface area contributed by atoms with Crippen molar-refractivity contribution in [1.29, 1.82) is 0 Å². The molecule has 0 aromatic heterocycles. The number of hydrogen-bond acceptors (Lipinski definition) is 3. The minimum absolute atomic E-state index is 0.0929. The van der Waals surface area contributed by atoms with E-state index in [-0.39, 0.29) is 24.7 Å². The van der Waals surface area contributed by atoms with Gasteiger partial charge in [-0.3, -0.25) is 15.0 Å². The molecular weight excluding hydrogens is 230 g/mol. The fourth-order valence-corrected chi connectivity index (χ4v) is 1.70. The second-order valence-electron chi connectivity index (χ2n) is 4.08. The van der Waals surface area contributed by atoms with Crippen molar-refractivity contribution in [2.75, 3.05) is 5.32 Å². The average Bonchev–Trinajstić information content (AvgIpc) is 2.38. The molecule has 0 radical (unpaired) electrons. The molecule has 1 aromatic rings. The van der Waals surface area contributed by atoms with Gasteiger partial charge in [0.2, 0.25) is 11.8 Å². The Kier molecular flexibility index (Phi) is 5.32. The Bertz CT molecular complexity index is 444. The van der Waals surface area contributed by atoms with Crippen molar-refractivity contribution >= 4 is 17.5 Å². The van der Waals surface area contributed by atoms with E-state index in [9.17, 15) is 9.59 Å². The number of carbonyl (C=O) groups is 2. The zero-order chi connectivity index (χ0) is 13.5. The molecule has 0 aliphatic carbocycles. The summed E-state index contributed by atoms with van der Waals surface area (Å²) >= 11 is 0. The number of amides is 2. The van der Waals surface area contributed by atoms with E-state index < -0.39 is 0 Å². The van der Waals surface area contributed by atoms with Crippen LogP contribution in [0.15, 0.2) is 18.2 Å². The molecule has 0 spiro atoms. The second kappa shape index (κ2) is 6.76. The minimum atomic E-state index is -0.342. The van der Waals surface area contributed by atoms with E-state index >= 15 is 0 Å². The van der Waals surface area contributed by atoms with Gasteiger partial charge in [-0.15, -0.1) is 0 Å². The summed E-state index contributed by atoms with van der Waals surface area (Å²) in [4.78, 5) is 22.7. The molecule has 1 rings (SSSR count). The molecule has 0 unspecified atom stereocenters. The lowest BCUT2D eigenvalue weighted by Gasteiger charge is -2.12. The van der Waals surface area contributed by atoms with Gasteiger partial charge in [0, 0.05) is 18.5 Å². The van der Waals surface area contributed by atoms with Crippen LogP contribution in [0, 0.1) is 6.92 Å². The monoisotopic (exact) mass is 249 g/mol. The number of nitrogens with one attached hydrogen (secondary N) is 2. The Balaban J connectivity index is 2.67. The fraction of sp³-hybridized carbons (Fsp3) is 0.385. The predicted molar refractivity (Wildman–Crippen MR) is 70.8 cm³/mol. The number of aryl methyl sites for hydroxylation is 2. The van der Waals surface area contributed by atoms with E-state index in [0.29, 0.717) is 0 Å². The van der Waals surface area contributed by atoms with Crippen molar-refractivity contribution in [3.63, 3.8) is 0 Å². The Hall–Kier alpha value is -1.88. The van der Waals surface area contributed by atoms with Crippen LogP contribution in [0.25, 0.3) is 0 Å². The van der Waals surface area contributed by atoms with E-state index in [1.54, 1.807) is 0 Å². The van der Waals surface area contributed by atoms with Crippen LogP contribution in [0.3, 0.4) is 0 Å². The Morgan fingerprint density at radius 3 is 2.50 bits per heavy atom. The molecule has 0 bridgehead atoms. The van der Waals surface area contributed by atoms with E-state index in [0.717, 1.165) is 23.2 Å². The largest absolute Gasteiger partial charge is 0.326 e. The normalized spacial score (nSPS) is 9.94. The highest BCUT2D eigenvalue weighted by Crippen LogP contribution is 2.21. The lowest BCUT2D eigenvalue weighted by atomic mass is 10.1. The highest BCUT2D eigenvalue weighted by molar-refractivity contribution is 5.94. The molecule has 18 heavy (non-hydrogen) atoms. The predicted octanol–water partition coefficient (Wildman–Crippen LogP) is 1.27. The van der Waals surface area contributed by atoms with Crippen LogP contribution in [0.2, 0.25) is 0 Å². The fourth-order valence-electron chi connectivity index (χ4n) is 1.70. The summed E-state index contributed by atoms with van der Waals surface area (Å²) in [7, 11) is 0. The first-order valence-corrected chi connectivity index (χ1v) is 5.96. The van der Waals surface area contributed by atoms with E-state index in [1.807, 2.05) is 37.5 Å². The third-order valence-corrected chi connectivity index (χ3v) is 2.74. The lowest BCUT2D eigenvalue weighted by molar-refractivity contribution is -0.124. The Labute approximate surface area is 107 Å². The number of hydrogen-bond donors (Lipinski definition) is 3. The summed E-state index contributed by atoms with van der Waals surface area (Å²) < 4.78 is 0.